The van der Waals surface area contributed by atoms with Gasteiger partial charge in [0, 0.05) is 12.5 Å². The summed E-state index contributed by atoms with van der Waals surface area (Å²) in [6.45, 7) is 0.498. The van der Waals surface area contributed by atoms with Crippen molar-refractivity contribution in [2.24, 2.45) is 0 Å². The molecule has 3 nitrogen and oxygen atoms in total. The van der Waals surface area contributed by atoms with Crippen molar-refractivity contribution < 1.29 is 13.2 Å². The van der Waals surface area contributed by atoms with Crippen LogP contribution in [-0.4, -0.2) is 26.9 Å². The first kappa shape index (κ1) is 12.1. The first-order chi connectivity index (χ1) is 6.70. The molecule has 0 heterocycles. The zero-order valence-electron chi connectivity index (χ0n) is 8.25. The smallest absolute Gasteiger partial charge is 0.201 e. The Hall–Kier alpha value is -0.0000000000000000486. The summed E-state index contributed by atoms with van der Waals surface area (Å²) in [6.07, 6.45) is 6.20. The van der Waals surface area contributed by atoms with E-state index in [0.717, 1.165) is 12.8 Å². The van der Waals surface area contributed by atoms with Gasteiger partial charge in [-0.2, -0.15) is 0 Å². The van der Waals surface area contributed by atoms with E-state index in [1.165, 1.54) is 19.3 Å². The molecule has 0 amide bonds. The summed E-state index contributed by atoms with van der Waals surface area (Å²) in [4.78, 5) is 0. The molecule has 0 aromatic rings. The SMILES string of the molecule is O=S(O)C(F)CCNC1CCCCC1. The fourth-order valence-corrected chi connectivity index (χ4v) is 2.13. The van der Waals surface area contributed by atoms with E-state index in [4.69, 9.17) is 4.55 Å². The average Bonchev–Trinajstić information content (AvgIpc) is 2.19. The Morgan fingerprint density at radius 1 is 1.43 bits per heavy atom. The van der Waals surface area contributed by atoms with Crippen LogP contribution in [0.25, 0.3) is 0 Å². The lowest BCUT2D eigenvalue weighted by Crippen LogP contribution is -2.33. The summed E-state index contributed by atoms with van der Waals surface area (Å²) in [5.74, 6) is 0. The molecule has 0 bridgehead atoms. The molecule has 1 saturated carbocycles. The molecule has 1 aliphatic carbocycles. The van der Waals surface area contributed by atoms with E-state index in [1.54, 1.807) is 0 Å². The third-order valence-corrected chi connectivity index (χ3v) is 3.30. The zero-order valence-corrected chi connectivity index (χ0v) is 9.06. The van der Waals surface area contributed by atoms with Crippen molar-refractivity contribution in [3.63, 3.8) is 0 Å². The van der Waals surface area contributed by atoms with Crippen LogP contribution in [0.1, 0.15) is 38.5 Å². The highest BCUT2D eigenvalue weighted by Gasteiger charge is 2.15. The third kappa shape index (κ3) is 4.48. The normalized spacial score (nSPS) is 23.3. The minimum absolute atomic E-state index is 0.125. The lowest BCUT2D eigenvalue weighted by atomic mass is 9.95. The number of halogens is 1. The first-order valence-corrected chi connectivity index (χ1v) is 6.34. The van der Waals surface area contributed by atoms with Crippen LogP contribution >= 0.6 is 0 Å². The van der Waals surface area contributed by atoms with Crippen LogP contribution in [0.2, 0.25) is 0 Å². The third-order valence-electron chi connectivity index (χ3n) is 2.63. The topological polar surface area (TPSA) is 49.3 Å². The first-order valence-electron chi connectivity index (χ1n) is 5.17. The Morgan fingerprint density at radius 2 is 2.07 bits per heavy atom. The molecular weight excluding hydrogens is 205 g/mol. The summed E-state index contributed by atoms with van der Waals surface area (Å²) >= 11 is -2.32. The second-order valence-electron chi connectivity index (χ2n) is 3.76. The van der Waals surface area contributed by atoms with E-state index in [-0.39, 0.29) is 6.42 Å². The van der Waals surface area contributed by atoms with Crippen molar-refractivity contribution in [3.05, 3.63) is 0 Å². The fraction of sp³-hybridized carbons (Fsp3) is 1.00. The van der Waals surface area contributed by atoms with Crippen LogP contribution in [0.15, 0.2) is 0 Å². The molecule has 14 heavy (non-hydrogen) atoms. The van der Waals surface area contributed by atoms with Gasteiger partial charge in [0.2, 0.25) is 5.50 Å². The van der Waals surface area contributed by atoms with E-state index >= 15 is 0 Å². The number of hydrogen-bond donors (Lipinski definition) is 2. The molecule has 0 aromatic heterocycles. The standard InChI is InChI=1S/C9H18FNO2S/c10-9(14(12)13)6-7-11-8-4-2-1-3-5-8/h8-9,11H,1-7H2,(H,12,13). The number of nitrogens with one attached hydrogen (secondary N) is 1. The molecule has 5 heteroatoms. The highest BCUT2D eigenvalue weighted by molar-refractivity contribution is 7.79. The molecule has 0 saturated heterocycles. The highest BCUT2D eigenvalue weighted by atomic mass is 32.2. The Morgan fingerprint density at radius 3 is 2.64 bits per heavy atom. The van der Waals surface area contributed by atoms with Crippen molar-refractivity contribution in [2.75, 3.05) is 6.54 Å². The molecular formula is C9H18FNO2S. The number of hydrogen-bond acceptors (Lipinski definition) is 2. The Balaban J connectivity index is 2.05. The molecule has 2 N–H and O–H groups in total. The van der Waals surface area contributed by atoms with Gasteiger partial charge in [0.15, 0.2) is 11.1 Å². The predicted molar refractivity (Wildman–Crippen MR) is 55.2 cm³/mol. The van der Waals surface area contributed by atoms with Crippen LogP contribution < -0.4 is 5.32 Å². The van der Waals surface area contributed by atoms with Crippen molar-refractivity contribution in [3.8, 4) is 0 Å². The van der Waals surface area contributed by atoms with Crippen LogP contribution in [0.3, 0.4) is 0 Å². The van der Waals surface area contributed by atoms with Crippen LogP contribution in [0, 0.1) is 0 Å². The van der Waals surface area contributed by atoms with E-state index in [1.807, 2.05) is 0 Å². The minimum Gasteiger partial charge on any atom is -0.314 e. The zero-order chi connectivity index (χ0) is 10.4. The molecule has 0 aliphatic heterocycles. The van der Waals surface area contributed by atoms with Gasteiger partial charge in [-0.05, 0) is 19.4 Å². The second kappa shape index (κ2) is 6.48. The molecule has 1 aliphatic rings. The van der Waals surface area contributed by atoms with Crippen LogP contribution in [-0.2, 0) is 11.1 Å². The number of rotatable bonds is 5. The largest absolute Gasteiger partial charge is 0.314 e. The van der Waals surface area contributed by atoms with Gasteiger partial charge in [-0.1, -0.05) is 19.3 Å². The summed E-state index contributed by atoms with van der Waals surface area (Å²) in [5.41, 5.74) is -1.61. The summed E-state index contributed by atoms with van der Waals surface area (Å²) in [6, 6.07) is 0.489. The van der Waals surface area contributed by atoms with Crippen molar-refractivity contribution >= 4 is 11.1 Å². The molecule has 2 atom stereocenters. The van der Waals surface area contributed by atoms with Gasteiger partial charge in [-0.15, -0.1) is 0 Å². The molecule has 0 aromatic carbocycles. The maximum absolute atomic E-state index is 12.7. The van der Waals surface area contributed by atoms with Gasteiger partial charge < -0.3 is 9.87 Å². The second-order valence-corrected chi connectivity index (χ2v) is 4.83. The van der Waals surface area contributed by atoms with Gasteiger partial charge in [0.25, 0.3) is 0 Å². The summed E-state index contributed by atoms with van der Waals surface area (Å²) < 4.78 is 31.4. The van der Waals surface area contributed by atoms with E-state index in [2.05, 4.69) is 5.32 Å². The monoisotopic (exact) mass is 223 g/mol. The summed E-state index contributed by atoms with van der Waals surface area (Å²) in [5, 5.41) is 3.22. The van der Waals surface area contributed by atoms with E-state index in [0.29, 0.717) is 12.6 Å². The van der Waals surface area contributed by atoms with Gasteiger partial charge >= 0.3 is 0 Å². The van der Waals surface area contributed by atoms with Gasteiger partial charge in [0.05, 0.1) is 0 Å². The lowest BCUT2D eigenvalue weighted by molar-refractivity contribution is 0.342. The molecule has 0 radical (unpaired) electrons. The summed E-state index contributed by atoms with van der Waals surface area (Å²) in [7, 11) is 0. The van der Waals surface area contributed by atoms with Gasteiger partial charge in [0.1, 0.15) is 0 Å². The molecule has 1 rings (SSSR count). The van der Waals surface area contributed by atoms with Crippen LogP contribution in [0.5, 0.6) is 0 Å². The van der Waals surface area contributed by atoms with Crippen molar-refractivity contribution in [1.29, 1.82) is 0 Å². The van der Waals surface area contributed by atoms with Crippen LogP contribution in [0.4, 0.5) is 4.39 Å². The highest BCUT2D eigenvalue weighted by Crippen LogP contribution is 2.17. The molecule has 0 spiro atoms. The van der Waals surface area contributed by atoms with Gasteiger partial charge in [-0.25, -0.2) is 8.60 Å². The molecule has 84 valence electrons. The minimum atomic E-state index is -2.32. The van der Waals surface area contributed by atoms with E-state index < -0.39 is 16.6 Å². The van der Waals surface area contributed by atoms with Crippen molar-refractivity contribution in [2.45, 2.75) is 50.1 Å². The Kier molecular flexibility index (Phi) is 5.59. The predicted octanol–water partition coefficient (Wildman–Crippen LogP) is 1.82. The molecule has 1 fully saturated rings. The quantitative estimate of drug-likeness (QED) is 0.699. The van der Waals surface area contributed by atoms with Crippen molar-refractivity contribution in [1.82, 2.24) is 5.32 Å². The maximum atomic E-state index is 12.7. The Labute approximate surface area is 86.7 Å². The lowest BCUT2D eigenvalue weighted by Gasteiger charge is -2.22. The fourth-order valence-electron chi connectivity index (χ4n) is 1.81. The number of alkyl halides is 1. The van der Waals surface area contributed by atoms with Gasteiger partial charge in [-0.3, -0.25) is 0 Å². The van der Waals surface area contributed by atoms with E-state index in [9.17, 15) is 8.60 Å². The maximum Gasteiger partial charge on any atom is 0.201 e. The average molecular weight is 223 g/mol. The molecule has 2 unspecified atom stereocenters. The Bertz CT molecular complexity index is 186.